The second-order valence-corrected chi connectivity index (χ2v) is 13.7. The van der Waals surface area contributed by atoms with Crippen LogP contribution in [-0.2, 0) is 0 Å². The van der Waals surface area contributed by atoms with Gasteiger partial charge >= 0.3 is 0 Å². The summed E-state index contributed by atoms with van der Waals surface area (Å²) in [5.74, 6) is 0. The third kappa shape index (κ3) is 4.82. The second kappa shape index (κ2) is 11.7. The highest BCUT2D eigenvalue weighted by molar-refractivity contribution is 6.15. The molecule has 0 atom stereocenters. The topological polar surface area (TPSA) is 29.5 Å². The zero-order valence-corrected chi connectivity index (χ0v) is 28.7. The Morgan fingerprint density at radius 1 is 0.302 bits per heavy atom. The van der Waals surface area contributed by atoms with E-state index in [0.717, 1.165) is 77.5 Å². The van der Waals surface area contributed by atoms with Crippen LogP contribution in [0.1, 0.15) is 0 Å². The van der Waals surface area contributed by atoms with E-state index < -0.39 is 0 Å². The molecular weight excluding hydrogens is 647 g/mol. The fourth-order valence-electron chi connectivity index (χ4n) is 8.05. The Kier molecular flexibility index (Phi) is 6.55. The molecule has 0 N–H and O–H groups in total. The first-order chi connectivity index (χ1) is 26.2. The van der Waals surface area contributed by atoms with E-state index in [0.29, 0.717) is 0 Å². The van der Waals surface area contributed by atoms with Gasteiger partial charge in [-0.3, -0.25) is 0 Å². The summed E-state index contributed by atoms with van der Waals surface area (Å²) in [6.45, 7) is 0. The van der Waals surface area contributed by atoms with Crippen LogP contribution in [0.2, 0.25) is 0 Å². The van der Waals surface area contributed by atoms with Gasteiger partial charge in [-0.2, -0.15) is 0 Å². The summed E-state index contributed by atoms with van der Waals surface area (Å²) in [6, 6.07) is 66.9. The van der Waals surface area contributed by atoms with Gasteiger partial charge in [0.05, 0.1) is 0 Å². The molecule has 2 aromatic heterocycles. The van der Waals surface area contributed by atoms with E-state index in [-0.39, 0.29) is 0 Å². The standard InChI is InChI=1S/C50H31NO2/c1-3-11-40-33(8-1)10-7-14-41(40)35-18-24-38(25-19-35)51(39-26-29-48-46(31-39)43-13-5-6-15-47(43)52-48)37-22-16-32(17-23-37)36-21-27-44-45-28-20-34-9-2-4-12-42(34)50(45)53-49(44)30-36/h1-31H. The molecule has 248 valence electrons. The molecule has 9 aromatic carbocycles. The summed E-state index contributed by atoms with van der Waals surface area (Å²) in [6.07, 6.45) is 0. The van der Waals surface area contributed by atoms with Gasteiger partial charge in [0.1, 0.15) is 22.3 Å². The number of benzene rings is 9. The maximum absolute atomic E-state index is 6.51. The van der Waals surface area contributed by atoms with Gasteiger partial charge in [0, 0.05) is 44.0 Å². The fraction of sp³-hybridized carbons (Fsp3) is 0. The Morgan fingerprint density at radius 3 is 1.70 bits per heavy atom. The van der Waals surface area contributed by atoms with Crippen molar-refractivity contribution < 1.29 is 8.83 Å². The van der Waals surface area contributed by atoms with Crippen LogP contribution in [0, 0.1) is 0 Å². The lowest BCUT2D eigenvalue weighted by atomic mass is 9.98. The number of hydrogen-bond acceptors (Lipinski definition) is 3. The number of furan rings is 2. The summed E-state index contributed by atoms with van der Waals surface area (Å²) in [4.78, 5) is 2.32. The minimum atomic E-state index is 0.880. The Labute approximate surface area is 305 Å². The highest BCUT2D eigenvalue weighted by Gasteiger charge is 2.17. The molecule has 3 nitrogen and oxygen atoms in total. The first-order valence-electron chi connectivity index (χ1n) is 18.0. The number of fused-ring (bicyclic) bond motifs is 9. The monoisotopic (exact) mass is 677 g/mol. The van der Waals surface area contributed by atoms with Gasteiger partial charge in [0.25, 0.3) is 0 Å². The number of anilines is 3. The first kappa shape index (κ1) is 29.6. The fourth-order valence-corrected chi connectivity index (χ4v) is 8.05. The lowest BCUT2D eigenvalue weighted by molar-refractivity contribution is 0.669. The van der Waals surface area contributed by atoms with E-state index in [1.807, 2.05) is 12.1 Å². The van der Waals surface area contributed by atoms with Crippen molar-refractivity contribution in [3.63, 3.8) is 0 Å². The van der Waals surface area contributed by atoms with Gasteiger partial charge in [0.15, 0.2) is 0 Å². The molecule has 0 saturated carbocycles. The molecule has 0 saturated heterocycles. The van der Waals surface area contributed by atoms with E-state index in [1.165, 1.54) is 27.3 Å². The summed E-state index contributed by atoms with van der Waals surface area (Å²) >= 11 is 0. The molecule has 2 heterocycles. The lowest BCUT2D eigenvalue weighted by Crippen LogP contribution is -2.09. The van der Waals surface area contributed by atoms with Crippen LogP contribution >= 0.6 is 0 Å². The highest BCUT2D eigenvalue weighted by atomic mass is 16.3. The molecule has 53 heavy (non-hydrogen) atoms. The van der Waals surface area contributed by atoms with Gasteiger partial charge in [0.2, 0.25) is 0 Å². The van der Waals surface area contributed by atoms with Crippen molar-refractivity contribution in [3.05, 3.63) is 188 Å². The molecule has 3 heteroatoms. The molecule has 0 aliphatic rings. The van der Waals surface area contributed by atoms with Crippen molar-refractivity contribution in [2.24, 2.45) is 0 Å². The maximum Gasteiger partial charge on any atom is 0.143 e. The predicted molar refractivity (Wildman–Crippen MR) is 222 cm³/mol. The van der Waals surface area contributed by atoms with E-state index in [9.17, 15) is 0 Å². The average Bonchev–Trinajstić information content (AvgIpc) is 3.79. The van der Waals surface area contributed by atoms with Crippen LogP contribution < -0.4 is 4.90 Å². The Bertz CT molecular complexity index is 3160. The van der Waals surface area contributed by atoms with Gasteiger partial charge < -0.3 is 13.7 Å². The van der Waals surface area contributed by atoms with Crippen LogP contribution in [0.5, 0.6) is 0 Å². The van der Waals surface area contributed by atoms with E-state index in [2.05, 4.69) is 181 Å². The minimum absolute atomic E-state index is 0.880. The van der Waals surface area contributed by atoms with Crippen LogP contribution in [0.3, 0.4) is 0 Å². The molecule has 0 unspecified atom stereocenters. The molecule has 11 rings (SSSR count). The van der Waals surface area contributed by atoms with E-state index >= 15 is 0 Å². The SMILES string of the molecule is c1ccc2c(-c3ccc(N(c4ccc(-c5ccc6c(c5)oc5c7ccccc7ccc65)cc4)c4ccc5oc6ccccc6c5c4)cc3)cccc2c1. The molecule has 0 aliphatic heterocycles. The third-order valence-corrected chi connectivity index (χ3v) is 10.7. The third-order valence-electron chi connectivity index (χ3n) is 10.7. The van der Waals surface area contributed by atoms with Gasteiger partial charge in [-0.1, -0.05) is 121 Å². The number of rotatable bonds is 5. The lowest BCUT2D eigenvalue weighted by Gasteiger charge is -2.26. The normalized spacial score (nSPS) is 11.8. The molecule has 11 aromatic rings. The summed E-state index contributed by atoms with van der Waals surface area (Å²) in [5.41, 5.74) is 11.5. The van der Waals surface area contributed by atoms with Gasteiger partial charge in [-0.05, 0) is 105 Å². The summed E-state index contributed by atoms with van der Waals surface area (Å²) < 4.78 is 12.7. The van der Waals surface area contributed by atoms with E-state index in [4.69, 9.17) is 8.83 Å². The van der Waals surface area contributed by atoms with Crippen molar-refractivity contribution in [2.45, 2.75) is 0 Å². The average molecular weight is 678 g/mol. The van der Waals surface area contributed by atoms with Crippen LogP contribution in [0.4, 0.5) is 17.1 Å². The van der Waals surface area contributed by atoms with Crippen molar-refractivity contribution in [2.75, 3.05) is 4.90 Å². The Balaban J connectivity index is 1.01. The van der Waals surface area contributed by atoms with E-state index in [1.54, 1.807) is 0 Å². The maximum atomic E-state index is 6.51. The smallest absolute Gasteiger partial charge is 0.143 e. The largest absolute Gasteiger partial charge is 0.456 e. The molecular formula is C50H31NO2. The second-order valence-electron chi connectivity index (χ2n) is 13.7. The van der Waals surface area contributed by atoms with Crippen LogP contribution in [0.15, 0.2) is 197 Å². The summed E-state index contributed by atoms with van der Waals surface area (Å²) in [7, 11) is 0. The molecule has 0 radical (unpaired) electrons. The molecule has 0 spiro atoms. The summed E-state index contributed by atoms with van der Waals surface area (Å²) in [5, 5.41) is 9.29. The quantitative estimate of drug-likeness (QED) is 0.182. The molecule has 0 amide bonds. The number of para-hydroxylation sites is 1. The minimum Gasteiger partial charge on any atom is -0.456 e. The molecule has 0 bridgehead atoms. The van der Waals surface area contributed by atoms with Crippen molar-refractivity contribution in [1.29, 1.82) is 0 Å². The predicted octanol–water partition coefficient (Wildman–Crippen LogP) is 14.6. The zero-order valence-electron chi connectivity index (χ0n) is 28.7. The number of nitrogens with zero attached hydrogens (tertiary/aromatic N) is 1. The first-order valence-corrected chi connectivity index (χ1v) is 18.0. The van der Waals surface area contributed by atoms with Gasteiger partial charge in [-0.15, -0.1) is 0 Å². The molecule has 0 fully saturated rings. The number of hydrogen-bond donors (Lipinski definition) is 0. The zero-order chi connectivity index (χ0) is 34.9. The Hall–Kier alpha value is -7.10. The highest BCUT2D eigenvalue weighted by Crippen LogP contribution is 2.41. The van der Waals surface area contributed by atoms with Crippen molar-refractivity contribution in [1.82, 2.24) is 0 Å². The van der Waals surface area contributed by atoms with Crippen molar-refractivity contribution >= 4 is 82.5 Å². The van der Waals surface area contributed by atoms with Gasteiger partial charge in [-0.25, -0.2) is 0 Å². The Morgan fingerprint density at radius 2 is 0.887 bits per heavy atom. The van der Waals surface area contributed by atoms with Crippen LogP contribution in [-0.4, -0.2) is 0 Å². The van der Waals surface area contributed by atoms with Crippen molar-refractivity contribution in [3.8, 4) is 22.3 Å². The molecule has 0 aliphatic carbocycles. The van der Waals surface area contributed by atoms with Crippen LogP contribution in [0.25, 0.3) is 87.7 Å².